The Morgan fingerprint density at radius 1 is 1.38 bits per heavy atom. The lowest BCUT2D eigenvalue weighted by Crippen LogP contribution is -1.75. The number of nitrogens with one attached hydrogen (secondary N) is 2. The van der Waals surface area contributed by atoms with Crippen LogP contribution in [-0.4, -0.2) is 15.2 Å². The van der Waals surface area contributed by atoms with Crippen molar-refractivity contribution in [1.82, 2.24) is 15.2 Å². The van der Waals surface area contributed by atoms with Crippen LogP contribution in [0.4, 0.5) is 0 Å². The summed E-state index contributed by atoms with van der Waals surface area (Å²) in [7, 11) is 0. The van der Waals surface area contributed by atoms with Crippen LogP contribution >= 0.6 is 28.1 Å². The average molecular weight is 296 g/mol. The molecule has 0 bridgehead atoms. The molecule has 2 heterocycles. The highest BCUT2D eigenvalue weighted by Gasteiger charge is 2.10. The molecule has 6 heteroatoms. The second-order valence-electron chi connectivity index (χ2n) is 3.31. The number of halogens is 1. The van der Waals surface area contributed by atoms with Crippen LogP contribution < -0.4 is 0 Å². The molecule has 2 aromatic heterocycles. The van der Waals surface area contributed by atoms with Gasteiger partial charge in [-0.25, -0.2) is 5.10 Å². The third kappa shape index (κ3) is 1.50. The number of aromatic amines is 2. The first-order valence-electron chi connectivity index (χ1n) is 4.56. The van der Waals surface area contributed by atoms with E-state index in [-0.39, 0.29) is 4.84 Å². The first-order valence-corrected chi connectivity index (χ1v) is 5.77. The Labute approximate surface area is 104 Å². The fraction of sp³-hybridized carbons (Fsp3) is 0. The fourth-order valence-electron chi connectivity index (χ4n) is 1.61. The molecule has 0 fully saturated rings. The van der Waals surface area contributed by atoms with Crippen molar-refractivity contribution in [3.05, 3.63) is 33.7 Å². The Kier molecular flexibility index (Phi) is 2.19. The van der Waals surface area contributed by atoms with Gasteiger partial charge in [0.15, 0.2) is 0 Å². The van der Waals surface area contributed by atoms with E-state index < -0.39 is 0 Å². The summed E-state index contributed by atoms with van der Waals surface area (Å²) < 4.78 is 6.30. The molecular weight excluding hydrogens is 290 g/mol. The van der Waals surface area contributed by atoms with Crippen molar-refractivity contribution in [2.24, 2.45) is 0 Å². The first-order chi connectivity index (χ1) is 7.74. The van der Waals surface area contributed by atoms with Gasteiger partial charge in [0, 0.05) is 21.6 Å². The minimum absolute atomic E-state index is 0.277. The van der Waals surface area contributed by atoms with Gasteiger partial charge in [-0.15, -0.1) is 5.10 Å². The lowest BCUT2D eigenvalue weighted by molar-refractivity contribution is 0.552. The highest BCUT2D eigenvalue weighted by Crippen LogP contribution is 2.29. The van der Waals surface area contributed by atoms with Gasteiger partial charge in [-0.1, -0.05) is 15.9 Å². The van der Waals surface area contributed by atoms with E-state index in [0.717, 1.165) is 20.9 Å². The number of aromatic nitrogens is 3. The smallest absolute Gasteiger partial charge is 0.284 e. The normalized spacial score (nSPS) is 11.1. The van der Waals surface area contributed by atoms with E-state index in [2.05, 4.69) is 31.1 Å². The number of rotatable bonds is 1. The molecule has 0 radical (unpaired) electrons. The van der Waals surface area contributed by atoms with Crippen LogP contribution in [-0.2, 0) is 0 Å². The maximum atomic E-state index is 5.29. The summed E-state index contributed by atoms with van der Waals surface area (Å²) in [5.41, 5.74) is 1.92. The third-order valence-electron chi connectivity index (χ3n) is 2.31. The molecule has 3 rings (SSSR count). The zero-order valence-corrected chi connectivity index (χ0v) is 10.4. The predicted octanol–water partition coefficient (Wildman–Crippen LogP) is 3.64. The fourth-order valence-corrected chi connectivity index (χ4v) is 2.10. The van der Waals surface area contributed by atoms with E-state index in [1.807, 2.05) is 24.4 Å². The summed E-state index contributed by atoms with van der Waals surface area (Å²) in [5, 5.41) is 7.66. The largest absolute Gasteiger partial charge is 0.409 e. The second-order valence-corrected chi connectivity index (χ2v) is 4.60. The summed E-state index contributed by atoms with van der Waals surface area (Å²) in [6.45, 7) is 0. The van der Waals surface area contributed by atoms with E-state index in [4.69, 9.17) is 16.6 Å². The quantitative estimate of drug-likeness (QED) is 0.674. The molecule has 0 amide bonds. The van der Waals surface area contributed by atoms with Crippen LogP contribution in [0.2, 0.25) is 0 Å². The average Bonchev–Trinajstić information content (AvgIpc) is 2.83. The van der Waals surface area contributed by atoms with Crippen molar-refractivity contribution in [2.45, 2.75) is 0 Å². The maximum absolute atomic E-state index is 5.29. The van der Waals surface area contributed by atoms with E-state index in [9.17, 15) is 0 Å². The van der Waals surface area contributed by atoms with Crippen molar-refractivity contribution < 1.29 is 4.42 Å². The number of hydrogen-bond donors (Lipinski definition) is 2. The predicted molar refractivity (Wildman–Crippen MR) is 66.7 cm³/mol. The summed E-state index contributed by atoms with van der Waals surface area (Å²) in [5.74, 6) is 0.495. The van der Waals surface area contributed by atoms with Crippen molar-refractivity contribution in [1.29, 1.82) is 0 Å². The Hall–Kier alpha value is -1.40. The topological polar surface area (TPSA) is 57.6 Å². The van der Waals surface area contributed by atoms with Crippen molar-refractivity contribution >= 4 is 39.1 Å². The van der Waals surface area contributed by atoms with E-state index in [1.54, 1.807) is 0 Å². The lowest BCUT2D eigenvalue weighted by Gasteiger charge is -1.93. The second kappa shape index (κ2) is 3.57. The monoisotopic (exact) mass is 295 g/mol. The molecule has 0 saturated heterocycles. The van der Waals surface area contributed by atoms with Crippen molar-refractivity contribution in [3.63, 3.8) is 0 Å². The van der Waals surface area contributed by atoms with Gasteiger partial charge in [-0.2, -0.15) is 0 Å². The Bertz CT molecular complexity index is 712. The molecule has 80 valence electrons. The summed E-state index contributed by atoms with van der Waals surface area (Å²) in [4.78, 5) is 3.43. The highest BCUT2D eigenvalue weighted by atomic mass is 79.9. The summed E-state index contributed by atoms with van der Waals surface area (Å²) >= 11 is 8.29. The van der Waals surface area contributed by atoms with Crippen LogP contribution in [0.5, 0.6) is 0 Å². The van der Waals surface area contributed by atoms with Crippen molar-refractivity contribution in [2.75, 3.05) is 0 Å². The molecule has 0 aliphatic rings. The van der Waals surface area contributed by atoms with Crippen LogP contribution in [0.3, 0.4) is 0 Å². The van der Waals surface area contributed by atoms with Crippen LogP contribution in [0.25, 0.3) is 22.4 Å². The number of benzene rings is 1. The van der Waals surface area contributed by atoms with Crippen molar-refractivity contribution in [3.8, 4) is 11.5 Å². The molecule has 1 aromatic carbocycles. The number of hydrogen-bond acceptors (Lipinski definition) is 3. The Balaban J connectivity index is 2.31. The Morgan fingerprint density at radius 2 is 2.25 bits per heavy atom. The number of nitrogens with zero attached hydrogens (tertiary/aromatic N) is 1. The molecule has 0 spiro atoms. The first kappa shape index (κ1) is 9.80. The van der Waals surface area contributed by atoms with Gasteiger partial charge in [0.1, 0.15) is 0 Å². The summed E-state index contributed by atoms with van der Waals surface area (Å²) in [6.07, 6.45) is 1.85. The maximum Gasteiger partial charge on any atom is 0.284 e. The van der Waals surface area contributed by atoms with Gasteiger partial charge in [0.05, 0.1) is 5.56 Å². The number of fused-ring (bicyclic) bond motifs is 1. The lowest BCUT2D eigenvalue weighted by atomic mass is 10.2. The molecule has 0 unspecified atom stereocenters. The Morgan fingerprint density at radius 3 is 3.00 bits per heavy atom. The molecule has 2 N–H and O–H groups in total. The minimum atomic E-state index is 0.277. The molecule has 3 aromatic rings. The molecule has 0 atom stereocenters. The molecular formula is C10H6BrN3OS. The highest BCUT2D eigenvalue weighted by molar-refractivity contribution is 9.10. The molecule has 4 nitrogen and oxygen atoms in total. The van der Waals surface area contributed by atoms with Gasteiger partial charge in [0.2, 0.25) is 5.89 Å². The van der Waals surface area contributed by atoms with E-state index in [0.29, 0.717) is 5.89 Å². The zero-order valence-electron chi connectivity index (χ0n) is 7.95. The van der Waals surface area contributed by atoms with Crippen LogP contribution in [0.15, 0.2) is 33.3 Å². The third-order valence-corrected chi connectivity index (χ3v) is 2.98. The molecule has 0 saturated carbocycles. The number of H-pyrrole nitrogens is 2. The zero-order chi connectivity index (χ0) is 11.1. The van der Waals surface area contributed by atoms with Gasteiger partial charge in [0.25, 0.3) is 4.84 Å². The van der Waals surface area contributed by atoms with E-state index >= 15 is 0 Å². The van der Waals surface area contributed by atoms with Gasteiger partial charge in [-0.3, -0.25) is 0 Å². The van der Waals surface area contributed by atoms with Crippen LogP contribution in [0.1, 0.15) is 0 Å². The van der Waals surface area contributed by atoms with Gasteiger partial charge >= 0.3 is 0 Å². The summed E-state index contributed by atoms with van der Waals surface area (Å²) in [6, 6.07) is 5.97. The van der Waals surface area contributed by atoms with E-state index in [1.165, 1.54) is 0 Å². The van der Waals surface area contributed by atoms with Gasteiger partial charge in [-0.05, 0) is 30.4 Å². The van der Waals surface area contributed by atoms with Gasteiger partial charge < -0.3 is 9.40 Å². The minimum Gasteiger partial charge on any atom is -0.409 e. The van der Waals surface area contributed by atoms with Crippen LogP contribution in [0, 0.1) is 4.84 Å². The standard InChI is InChI=1S/C10H6BrN3OS/c11-5-1-2-8-6(3-5)7(4-12-8)9-13-14-10(16)15-9/h1-4,12H,(H,14,16). The molecule has 0 aliphatic carbocycles. The molecule has 0 aliphatic heterocycles. The molecule has 16 heavy (non-hydrogen) atoms. The SMILES string of the molecule is S=c1[nH]nc(-c2c[nH]c3ccc(Br)cc23)o1.